The minimum absolute atomic E-state index is 0.166. The first-order valence-electron chi connectivity index (χ1n) is 9.73. The van der Waals surface area contributed by atoms with Crippen molar-refractivity contribution in [2.24, 2.45) is 11.8 Å². The van der Waals surface area contributed by atoms with Crippen LogP contribution in [0, 0.1) is 23.2 Å². The van der Waals surface area contributed by atoms with Crippen LogP contribution in [-0.2, 0) is 10.0 Å². The fourth-order valence-electron chi connectivity index (χ4n) is 3.94. The zero-order valence-electron chi connectivity index (χ0n) is 16.1. The standard InChI is InChI=1S/C21H25N3O4S/c22-11-12-24(15-17-7-5-16(6-8-17)14-23-21(25)26)29(27,28)20-10-9-18-3-1-2-4-19(18)13-20/h1-4,9-10,13,16-17,23H,5-8,12,14-15H2,(H,25,26)/t16-,17-. The number of fused-ring (bicyclic) bond motifs is 1. The Hall–Kier alpha value is -2.63. The second kappa shape index (κ2) is 9.25. The van der Waals surface area contributed by atoms with E-state index in [1.54, 1.807) is 18.2 Å². The normalized spacial score (nSPS) is 19.7. The SMILES string of the molecule is N#CCN(C[C@H]1CC[C@H](CNC(=O)O)CC1)S(=O)(=O)c1ccc2ccccc2c1. The van der Waals surface area contributed by atoms with Crippen LogP contribution < -0.4 is 5.32 Å². The van der Waals surface area contributed by atoms with Crippen LogP contribution in [0.15, 0.2) is 47.4 Å². The van der Waals surface area contributed by atoms with Crippen molar-refractivity contribution < 1.29 is 18.3 Å². The Kier molecular flexibility index (Phi) is 6.72. The molecule has 0 saturated heterocycles. The average Bonchev–Trinajstić information content (AvgIpc) is 2.72. The third kappa shape index (κ3) is 5.25. The van der Waals surface area contributed by atoms with E-state index in [-0.39, 0.29) is 23.3 Å². The average molecular weight is 416 g/mol. The number of rotatable bonds is 7. The number of nitrogens with zero attached hydrogens (tertiary/aromatic N) is 2. The molecule has 7 nitrogen and oxygen atoms in total. The van der Waals surface area contributed by atoms with E-state index >= 15 is 0 Å². The van der Waals surface area contributed by atoms with Gasteiger partial charge in [0, 0.05) is 13.1 Å². The van der Waals surface area contributed by atoms with Crippen molar-refractivity contribution in [1.82, 2.24) is 9.62 Å². The van der Waals surface area contributed by atoms with Crippen LogP contribution in [-0.4, -0.2) is 43.6 Å². The fourth-order valence-corrected chi connectivity index (χ4v) is 5.39. The number of sulfonamides is 1. The highest BCUT2D eigenvalue weighted by molar-refractivity contribution is 7.89. The van der Waals surface area contributed by atoms with Gasteiger partial charge in [-0.3, -0.25) is 0 Å². The van der Waals surface area contributed by atoms with Crippen molar-refractivity contribution in [3.63, 3.8) is 0 Å². The molecule has 2 aromatic rings. The van der Waals surface area contributed by atoms with Crippen molar-refractivity contribution in [1.29, 1.82) is 5.26 Å². The van der Waals surface area contributed by atoms with Crippen molar-refractivity contribution in [2.75, 3.05) is 19.6 Å². The highest BCUT2D eigenvalue weighted by atomic mass is 32.2. The van der Waals surface area contributed by atoms with Crippen LogP contribution in [0.2, 0.25) is 0 Å². The molecule has 0 unspecified atom stereocenters. The molecule has 1 saturated carbocycles. The van der Waals surface area contributed by atoms with Crippen molar-refractivity contribution in [3.8, 4) is 6.07 Å². The molecule has 3 rings (SSSR count). The largest absolute Gasteiger partial charge is 0.465 e. The van der Waals surface area contributed by atoms with E-state index in [1.807, 2.05) is 30.3 Å². The van der Waals surface area contributed by atoms with Gasteiger partial charge in [-0.1, -0.05) is 30.3 Å². The van der Waals surface area contributed by atoms with Gasteiger partial charge in [0.25, 0.3) is 0 Å². The van der Waals surface area contributed by atoms with Gasteiger partial charge in [-0.15, -0.1) is 0 Å². The minimum Gasteiger partial charge on any atom is -0.465 e. The third-order valence-electron chi connectivity index (χ3n) is 5.58. The number of hydrogen-bond acceptors (Lipinski definition) is 4. The summed E-state index contributed by atoms with van der Waals surface area (Å²) in [5.74, 6) is 0.448. The predicted molar refractivity (Wildman–Crippen MR) is 110 cm³/mol. The summed E-state index contributed by atoms with van der Waals surface area (Å²) in [7, 11) is -3.77. The first kappa shape index (κ1) is 21.1. The zero-order valence-corrected chi connectivity index (χ0v) is 16.9. The maximum Gasteiger partial charge on any atom is 0.404 e. The molecule has 1 aliphatic rings. The van der Waals surface area contributed by atoms with Gasteiger partial charge in [0.15, 0.2) is 0 Å². The van der Waals surface area contributed by atoms with Crippen LogP contribution in [0.3, 0.4) is 0 Å². The zero-order chi connectivity index (χ0) is 20.9. The second-order valence-electron chi connectivity index (χ2n) is 7.54. The Bertz CT molecular complexity index is 1010. The summed E-state index contributed by atoms with van der Waals surface area (Å²) in [5, 5.41) is 22.1. The molecule has 154 valence electrons. The first-order chi connectivity index (χ1) is 13.9. The lowest BCUT2D eigenvalue weighted by molar-refractivity contribution is 0.186. The number of carboxylic acid groups (broad SMARTS) is 1. The van der Waals surface area contributed by atoms with Crippen LogP contribution in [0.4, 0.5) is 4.79 Å². The molecular formula is C21H25N3O4S. The number of benzene rings is 2. The maximum atomic E-state index is 13.2. The Balaban J connectivity index is 1.70. The van der Waals surface area contributed by atoms with Crippen molar-refractivity contribution >= 4 is 26.9 Å². The molecule has 1 fully saturated rings. The lowest BCUT2D eigenvalue weighted by Gasteiger charge is -2.31. The number of amides is 1. The monoisotopic (exact) mass is 415 g/mol. The lowest BCUT2D eigenvalue weighted by Crippen LogP contribution is -2.38. The molecule has 1 aliphatic carbocycles. The van der Waals surface area contributed by atoms with Gasteiger partial charge in [-0.2, -0.15) is 9.57 Å². The molecule has 1 amide bonds. The van der Waals surface area contributed by atoms with Crippen LogP contribution in [0.5, 0.6) is 0 Å². The van der Waals surface area contributed by atoms with Crippen LogP contribution >= 0.6 is 0 Å². The van der Waals surface area contributed by atoms with Gasteiger partial charge in [0.1, 0.15) is 6.54 Å². The quantitative estimate of drug-likeness (QED) is 0.673. The summed E-state index contributed by atoms with van der Waals surface area (Å²) in [6.07, 6.45) is 2.32. The topological polar surface area (TPSA) is 110 Å². The number of hydrogen-bond donors (Lipinski definition) is 2. The smallest absolute Gasteiger partial charge is 0.404 e. The van der Waals surface area contributed by atoms with Gasteiger partial charge < -0.3 is 10.4 Å². The van der Waals surface area contributed by atoms with E-state index in [1.165, 1.54) is 4.31 Å². The summed E-state index contributed by atoms with van der Waals surface area (Å²) in [4.78, 5) is 10.8. The molecule has 2 aromatic carbocycles. The molecular weight excluding hydrogens is 390 g/mol. The summed E-state index contributed by atoms with van der Waals surface area (Å²) in [6.45, 7) is 0.552. The van der Waals surface area contributed by atoms with Gasteiger partial charge in [0.2, 0.25) is 10.0 Å². The fraction of sp³-hybridized carbons (Fsp3) is 0.429. The van der Waals surface area contributed by atoms with E-state index in [2.05, 4.69) is 5.32 Å². The molecule has 0 spiro atoms. The molecule has 8 heteroatoms. The molecule has 0 bridgehead atoms. The van der Waals surface area contributed by atoms with Crippen molar-refractivity contribution in [2.45, 2.75) is 30.6 Å². The predicted octanol–water partition coefficient (Wildman–Crippen LogP) is 3.43. The summed E-state index contributed by atoms with van der Waals surface area (Å²) >= 11 is 0. The van der Waals surface area contributed by atoms with E-state index in [0.29, 0.717) is 13.1 Å². The highest BCUT2D eigenvalue weighted by Crippen LogP contribution is 2.30. The van der Waals surface area contributed by atoms with E-state index in [9.17, 15) is 18.5 Å². The molecule has 0 aliphatic heterocycles. The van der Waals surface area contributed by atoms with E-state index in [0.717, 1.165) is 36.5 Å². The van der Waals surface area contributed by atoms with Gasteiger partial charge in [-0.25, -0.2) is 13.2 Å². The van der Waals surface area contributed by atoms with Gasteiger partial charge in [0.05, 0.1) is 11.0 Å². The Labute approximate surface area is 171 Å². The maximum absolute atomic E-state index is 13.2. The van der Waals surface area contributed by atoms with Crippen LogP contribution in [0.25, 0.3) is 10.8 Å². The lowest BCUT2D eigenvalue weighted by atomic mass is 9.82. The second-order valence-corrected chi connectivity index (χ2v) is 9.48. The van der Waals surface area contributed by atoms with Crippen LogP contribution in [0.1, 0.15) is 25.7 Å². The van der Waals surface area contributed by atoms with E-state index in [4.69, 9.17) is 5.11 Å². The number of carbonyl (C=O) groups is 1. The summed E-state index contributed by atoms with van der Waals surface area (Å²) in [6, 6.07) is 14.6. The van der Waals surface area contributed by atoms with Gasteiger partial charge in [-0.05, 0) is 60.4 Å². The number of nitrogens with one attached hydrogen (secondary N) is 1. The summed E-state index contributed by atoms with van der Waals surface area (Å²) in [5.41, 5.74) is 0. The van der Waals surface area contributed by atoms with E-state index < -0.39 is 16.1 Å². The Morgan fingerprint density at radius 2 is 1.76 bits per heavy atom. The summed E-state index contributed by atoms with van der Waals surface area (Å²) < 4.78 is 27.6. The number of nitriles is 1. The van der Waals surface area contributed by atoms with Crippen molar-refractivity contribution in [3.05, 3.63) is 42.5 Å². The minimum atomic E-state index is -3.77. The molecule has 0 radical (unpaired) electrons. The molecule has 0 atom stereocenters. The Morgan fingerprint density at radius 1 is 1.10 bits per heavy atom. The molecule has 29 heavy (non-hydrogen) atoms. The molecule has 2 N–H and O–H groups in total. The third-order valence-corrected chi connectivity index (χ3v) is 7.38. The molecule has 0 aromatic heterocycles. The first-order valence-corrected chi connectivity index (χ1v) is 11.2. The Morgan fingerprint density at radius 3 is 2.41 bits per heavy atom. The highest BCUT2D eigenvalue weighted by Gasteiger charge is 2.29. The van der Waals surface area contributed by atoms with Gasteiger partial charge >= 0.3 is 6.09 Å². The molecule has 0 heterocycles.